The summed E-state index contributed by atoms with van der Waals surface area (Å²) in [7, 11) is -3.77. The third-order valence-electron chi connectivity index (χ3n) is 8.66. The van der Waals surface area contributed by atoms with Crippen LogP contribution in [-0.2, 0) is 14.8 Å². The quantitative estimate of drug-likeness (QED) is 0.391. The van der Waals surface area contributed by atoms with Crippen LogP contribution in [0.4, 0.5) is 4.39 Å². The number of alkyl halides is 1. The number of carbonyl (C=O) groups excluding carboxylic acids is 1. The lowest BCUT2D eigenvalue weighted by Gasteiger charge is -2.40. The molecular weight excluding hydrogens is 445 g/mol. The van der Waals surface area contributed by atoms with Gasteiger partial charge in [0.05, 0.1) is 11.1 Å². The topological polar surface area (TPSA) is 134 Å². The second-order valence-electron chi connectivity index (χ2n) is 10.6. The van der Waals surface area contributed by atoms with Crippen molar-refractivity contribution in [1.82, 2.24) is 9.21 Å². The Morgan fingerprint density at radius 3 is 2.27 bits per heavy atom. The van der Waals surface area contributed by atoms with E-state index in [0.29, 0.717) is 51.2 Å². The first-order valence-corrected chi connectivity index (χ1v) is 14.2. The highest BCUT2D eigenvalue weighted by Gasteiger charge is 2.54. The zero-order chi connectivity index (χ0) is 23.8. The average Bonchev–Trinajstić information content (AvgIpc) is 3.19. The molecule has 188 valence electrons. The normalized spacial score (nSPS) is 36.5. The number of hydrogen-bond acceptors (Lipinski definition) is 5. The van der Waals surface area contributed by atoms with Crippen molar-refractivity contribution in [1.29, 1.82) is 5.41 Å². The Morgan fingerprint density at radius 2 is 1.67 bits per heavy atom. The van der Waals surface area contributed by atoms with Crippen LogP contribution in [0.1, 0.15) is 70.6 Å². The molecule has 0 radical (unpaired) electrons. The number of nitrogens with zero attached hydrogens (tertiary/aromatic N) is 2. The van der Waals surface area contributed by atoms with E-state index in [4.69, 9.17) is 16.9 Å². The minimum atomic E-state index is -3.77. The number of likely N-dealkylation sites (tertiary alicyclic amines) is 1. The largest absolute Gasteiger partial charge is 0.387 e. The first kappa shape index (κ1) is 24.9. The monoisotopic (exact) mass is 485 g/mol. The molecule has 0 aromatic rings. The molecule has 4 fully saturated rings. The summed E-state index contributed by atoms with van der Waals surface area (Å²) in [5.74, 6) is 0.499. The fraction of sp³-hybridized carbons (Fsp3) is 0.913. The lowest BCUT2D eigenvalue weighted by atomic mass is 9.78. The Hall–Kier alpha value is -1.26. The van der Waals surface area contributed by atoms with Gasteiger partial charge in [-0.3, -0.25) is 10.2 Å². The SMILES string of the molecule is N=C(N)C1CCC2CC(C(=O)N3CCC(CCN)CC3)N(S(=O)(=O)C3CCC(F)CC3)C2C1. The van der Waals surface area contributed by atoms with Gasteiger partial charge in [0.2, 0.25) is 15.9 Å². The third kappa shape index (κ3) is 5.07. The number of carbonyl (C=O) groups is 1. The molecule has 4 aliphatic rings. The Kier molecular flexibility index (Phi) is 7.65. The smallest absolute Gasteiger partial charge is 0.241 e. The maximum Gasteiger partial charge on any atom is 0.241 e. The van der Waals surface area contributed by atoms with Gasteiger partial charge in [-0.15, -0.1) is 0 Å². The number of hydrogen-bond donors (Lipinski definition) is 3. The molecule has 2 heterocycles. The standard InChI is InChI=1S/C23H40FN5O3S/c24-18-3-5-19(6-4-18)33(31,32)29-20-14-17(22(26)27)2-1-16(20)13-21(29)23(30)28-11-8-15(7-10-25)9-12-28/h15-21H,1-14,25H2,(H3,26,27). The van der Waals surface area contributed by atoms with Crippen LogP contribution in [0.25, 0.3) is 0 Å². The number of sulfonamides is 1. The molecule has 8 nitrogen and oxygen atoms in total. The van der Waals surface area contributed by atoms with Gasteiger partial charge in [-0.05, 0) is 89.0 Å². The van der Waals surface area contributed by atoms with E-state index in [9.17, 15) is 17.6 Å². The molecular formula is C23H40FN5O3S. The molecule has 2 aliphatic carbocycles. The third-order valence-corrected chi connectivity index (χ3v) is 11.1. The highest BCUT2D eigenvalue weighted by atomic mass is 32.2. The van der Waals surface area contributed by atoms with Crippen LogP contribution >= 0.6 is 0 Å². The van der Waals surface area contributed by atoms with Gasteiger partial charge in [0.25, 0.3) is 0 Å². The molecule has 2 saturated carbocycles. The van der Waals surface area contributed by atoms with E-state index in [1.165, 1.54) is 4.31 Å². The van der Waals surface area contributed by atoms with E-state index in [2.05, 4.69) is 0 Å². The number of halogens is 1. The molecule has 33 heavy (non-hydrogen) atoms. The first-order valence-electron chi connectivity index (χ1n) is 12.7. The summed E-state index contributed by atoms with van der Waals surface area (Å²) in [4.78, 5) is 15.5. The van der Waals surface area contributed by atoms with Gasteiger partial charge >= 0.3 is 0 Å². The van der Waals surface area contributed by atoms with Crippen molar-refractivity contribution in [3.8, 4) is 0 Å². The van der Waals surface area contributed by atoms with E-state index < -0.39 is 27.5 Å². The van der Waals surface area contributed by atoms with Crippen molar-refractivity contribution in [3.63, 3.8) is 0 Å². The van der Waals surface area contributed by atoms with Crippen molar-refractivity contribution >= 4 is 21.8 Å². The molecule has 0 aromatic heterocycles. The predicted octanol–water partition coefficient (Wildman–Crippen LogP) is 1.98. The second-order valence-corrected chi connectivity index (χ2v) is 12.8. The Bertz CT molecular complexity index is 824. The van der Waals surface area contributed by atoms with Crippen LogP contribution in [0.15, 0.2) is 0 Å². The van der Waals surface area contributed by atoms with Crippen molar-refractivity contribution in [2.75, 3.05) is 19.6 Å². The zero-order valence-corrected chi connectivity index (χ0v) is 20.3. The molecule has 0 aromatic carbocycles. The number of piperidine rings is 1. The molecule has 4 rings (SSSR count). The molecule has 0 spiro atoms. The number of nitrogens with one attached hydrogen (secondary N) is 1. The van der Waals surface area contributed by atoms with Crippen LogP contribution in [-0.4, -0.2) is 72.5 Å². The molecule has 4 unspecified atom stereocenters. The van der Waals surface area contributed by atoms with E-state index in [0.717, 1.165) is 32.1 Å². The maximum absolute atomic E-state index is 13.9. The number of fused-ring (bicyclic) bond motifs is 1. The summed E-state index contributed by atoms with van der Waals surface area (Å²) < 4.78 is 43.1. The van der Waals surface area contributed by atoms with Crippen LogP contribution in [0.5, 0.6) is 0 Å². The van der Waals surface area contributed by atoms with E-state index in [-0.39, 0.29) is 42.5 Å². The van der Waals surface area contributed by atoms with Gasteiger partial charge in [0.15, 0.2) is 0 Å². The summed E-state index contributed by atoms with van der Waals surface area (Å²) in [5, 5.41) is 7.28. The molecule has 1 amide bonds. The second kappa shape index (κ2) is 10.2. The summed E-state index contributed by atoms with van der Waals surface area (Å²) in [6.45, 7) is 1.94. The Balaban J connectivity index is 1.57. The molecule has 10 heteroatoms. The fourth-order valence-electron chi connectivity index (χ4n) is 6.66. The van der Waals surface area contributed by atoms with Gasteiger partial charge in [-0.2, -0.15) is 4.31 Å². The zero-order valence-electron chi connectivity index (χ0n) is 19.5. The summed E-state index contributed by atoms with van der Waals surface area (Å²) in [6.07, 6.45) is 5.54. The van der Waals surface area contributed by atoms with Crippen LogP contribution in [0, 0.1) is 23.2 Å². The Labute approximate surface area is 197 Å². The minimum Gasteiger partial charge on any atom is -0.387 e. The number of nitrogens with two attached hydrogens (primary N) is 2. The molecule has 5 N–H and O–H groups in total. The van der Waals surface area contributed by atoms with E-state index in [1.807, 2.05) is 4.90 Å². The van der Waals surface area contributed by atoms with Gasteiger partial charge < -0.3 is 16.4 Å². The number of rotatable bonds is 6. The van der Waals surface area contributed by atoms with Crippen molar-refractivity contribution in [2.45, 2.75) is 94.1 Å². The summed E-state index contributed by atoms with van der Waals surface area (Å²) in [6, 6.07) is -0.991. The van der Waals surface area contributed by atoms with Gasteiger partial charge in [0, 0.05) is 25.0 Å². The van der Waals surface area contributed by atoms with E-state index in [1.54, 1.807) is 0 Å². The molecule has 4 atom stereocenters. The highest BCUT2D eigenvalue weighted by molar-refractivity contribution is 7.89. The van der Waals surface area contributed by atoms with E-state index >= 15 is 0 Å². The van der Waals surface area contributed by atoms with Crippen molar-refractivity contribution in [3.05, 3.63) is 0 Å². The van der Waals surface area contributed by atoms with Crippen molar-refractivity contribution in [2.24, 2.45) is 29.2 Å². The average molecular weight is 486 g/mol. The van der Waals surface area contributed by atoms with Crippen LogP contribution in [0.2, 0.25) is 0 Å². The first-order chi connectivity index (χ1) is 15.7. The van der Waals surface area contributed by atoms with Gasteiger partial charge in [-0.25, -0.2) is 12.8 Å². The van der Waals surface area contributed by atoms with Crippen LogP contribution in [0.3, 0.4) is 0 Å². The Morgan fingerprint density at radius 1 is 1.00 bits per heavy atom. The van der Waals surface area contributed by atoms with Crippen molar-refractivity contribution < 1.29 is 17.6 Å². The molecule has 0 bridgehead atoms. The summed E-state index contributed by atoms with van der Waals surface area (Å²) in [5.41, 5.74) is 11.5. The number of amidine groups is 1. The maximum atomic E-state index is 13.9. The van der Waals surface area contributed by atoms with Crippen LogP contribution < -0.4 is 11.5 Å². The summed E-state index contributed by atoms with van der Waals surface area (Å²) >= 11 is 0. The lowest BCUT2D eigenvalue weighted by Crippen LogP contribution is -2.55. The fourth-order valence-corrected chi connectivity index (χ4v) is 9.04. The minimum absolute atomic E-state index is 0.0854. The van der Waals surface area contributed by atoms with Gasteiger partial charge in [-0.1, -0.05) is 0 Å². The molecule has 2 aliphatic heterocycles. The van der Waals surface area contributed by atoms with Gasteiger partial charge in [0.1, 0.15) is 12.2 Å². The predicted molar refractivity (Wildman–Crippen MR) is 126 cm³/mol. The lowest BCUT2D eigenvalue weighted by molar-refractivity contribution is -0.136. The highest BCUT2D eigenvalue weighted by Crippen LogP contribution is 2.45. The number of amides is 1. The molecule has 2 saturated heterocycles.